The lowest BCUT2D eigenvalue weighted by Crippen LogP contribution is -2.41. The normalized spacial score (nSPS) is 23.2. The van der Waals surface area contributed by atoms with Gasteiger partial charge in [-0.3, -0.25) is 9.59 Å². The zero-order valence-corrected chi connectivity index (χ0v) is 14.6. The lowest BCUT2D eigenvalue weighted by Gasteiger charge is -2.22. The van der Waals surface area contributed by atoms with E-state index in [0.717, 1.165) is 17.7 Å². The minimum absolute atomic E-state index is 0.182. The van der Waals surface area contributed by atoms with Gasteiger partial charge in [0.25, 0.3) is 11.5 Å². The molecular formula is C17H23N3O4. The molecule has 2 fully saturated rings. The van der Waals surface area contributed by atoms with Crippen LogP contribution in [0.5, 0.6) is 0 Å². The van der Waals surface area contributed by atoms with Crippen LogP contribution in [0.1, 0.15) is 35.0 Å². The molecule has 0 saturated carbocycles. The summed E-state index contributed by atoms with van der Waals surface area (Å²) in [6, 6.07) is 1.68. The molecule has 2 aliphatic rings. The minimum atomic E-state index is -0.634. The third-order valence-electron chi connectivity index (χ3n) is 5.07. The summed E-state index contributed by atoms with van der Waals surface area (Å²) < 4.78 is 7.02. The number of carbonyl (C=O) groups excluding carboxylic acids is 2. The molecule has 1 aromatic rings. The maximum Gasteiger partial charge on any atom is 0.410 e. The number of aromatic nitrogens is 1. The average molecular weight is 333 g/mol. The summed E-state index contributed by atoms with van der Waals surface area (Å²) in [5.41, 5.74) is 1.14. The first-order valence-corrected chi connectivity index (χ1v) is 8.21. The van der Waals surface area contributed by atoms with Crippen molar-refractivity contribution in [1.82, 2.24) is 14.4 Å². The number of ether oxygens (including phenoxy) is 1. The van der Waals surface area contributed by atoms with Crippen molar-refractivity contribution in [2.24, 2.45) is 7.05 Å². The Hall–Kier alpha value is -2.31. The van der Waals surface area contributed by atoms with Crippen LogP contribution in [-0.2, 0) is 18.2 Å². The molecule has 2 saturated heterocycles. The van der Waals surface area contributed by atoms with Gasteiger partial charge in [-0.25, -0.2) is 4.79 Å². The summed E-state index contributed by atoms with van der Waals surface area (Å²) in [6.07, 6.45) is 0.978. The van der Waals surface area contributed by atoms with E-state index in [9.17, 15) is 14.4 Å². The molecule has 24 heavy (non-hydrogen) atoms. The average Bonchev–Trinajstić information content (AvgIpc) is 3.06. The molecule has 2 amide bonds. The molecular weight excluding hydrogens is 310 g/mol. The molecule has 0 radical (unpaired) electrons. The third kappa shape index (κ3) is 2.48. The van der Waals surface area contributed by atoms with Gasteiger partial charge in [-0.15, -0.1) is 0 Å². The highest BCUT2D eigenvalue weighted by molar-refractivity contribution is 5.94. The molecule has 7 nitrogen and oxygen atoms in total. The zero-order valence-electron chi connectivity index (χ0n) is 14.6. The fraction of sp³-hybridized carbons (Fsp3) is 0.588. The Kier molecular flexibility index (Phi) is 3.89. The molecule has 0 unspecified atom stereocenters. The number of pyridine rings is 1. The summed E-state index contributed by atoms with van der Waals surface area (Å²) in [6.45, 7) is 5.19. The lowest BCUT2D eigenvalue weighted by atomic mass is 10.0. The van der Waals surface area contributed by atoms with Gasteiger partial charge >= 0.3 is 6.09 Å². The molecule has 1 spiro atoms. The smallest absolute Gasteiger partial charge is 0.410 e. The van der Waals surface area contributed by atoms with Crippen molar-refractivity contribution in [3.8, 4) is 0 Å². The van der Waals surface area contributed by atoms with Crippen molar-refractivity contribution in [2.75, 3.05) is 26.7 Å². The third-order valence-corrected chi connectivity index (χ3v) is 5.07. The first-order chi connectivity index (χ1) is 11.3. The minimum Gasteiger partial charge on any atom is -0.439 e. The molecule has 0 bridgehead atoms. The van der Waals surface area contributed by atoms with Crippen LogP contribution in [-0.4, -0.2) is 58.7 Å². The van der Waals surface area contributed by atoms with Crippen LogP contribution < -0.4 is 5.56 Å². The first kappa shape index (κ1) is 16.5. The number of rotatable bonds is 2. The molecule has 0 aliphatic carbocycles. The summed E-state index contributed by atoms with van der Waals surface area (Å²) in [5.74, 6) is -0.288. The van der Waals surface area contributed by atoms with Gasteiger partial charge < -0.3 is 19.1 Å². The maximum atomic E-state index is 12.8. The van der Waals surface area contributed by atoms with E-state index in [1.807, 2.05) is 13.8 Å². The van der Waals surface area contributed by atoms with Gasteiger partial charge in [0.1, 0.15) is 5.56 Å². The van der Waals surface area contributed by atoms with Crippen molar-refractivity contribution in [3.63, 3.8) is 0 Å². The number of amides is 2. The number of nitrogens with zero attached hydrogens (tertiary/aromatic N) is 3. The zero-order chi connectivity index (χ0) is 17.6. The monoisotopic (exact) mass is 333 g/mol. The van der Waals surface area contributed by atoms with E-state index in [1.54, 1.807) is 29.6 Å². The number of aryl methyl sites for hydroxylation is 1. The second-order valence-electron chi connectivity index (χ2n) is 6.79. The van der Waals surface area contributed by atoms with Gasteiger partial charge in [0.05, 0.1) is 13.1 Å². The van der Waals surface area contributed by atoms with Crippen LogP contribution in [0.25, 0.3) is 0 Å². The molecule has 1 aromatic heterocycles. The predicted octanol–water partition coefficient (Wildman–Crippen LogP) is 0.923. The standard InChI is InChI=1S/C17H23N3O4/c1-5-13-11(2)8-12(14(21)19(13)4)15(22)20-7-6-17(10-20)9-18(3)16(23)24-17/h8H,5-7,9-10H2,1-4H3/t17-/m0/s1. The number of hydrogen-bond acceptors (Lipinski definition) is 4. The van der Waals surface area contributed by atoms with Gasteiger partial charge in [-0.2, -0.15) is 0 Å². The van der Waals surface area contributed by atoms with Gasteiger partial charge in [-0.1, -0.05) is 6.92 Å². The SMILES string of the molecule is CCc1c(C)cc(C(=O)N2CC[C@]3(CN(C)C(=O)O3)C2)c(=O)n1C. The summed E-state index contributed by atoms with van der Waals surface area (Å²) in [7, 11) is 3.38. The van der Waals surface area contributed by atoms with E-state index in [2.05, 4.69) is 0 Å². The Morgan fingerprint density at radius 3 is 2.58 bits per heavy atom. The Morgan fingerprint density at radius 2 is 2.00 bits per heavy atom. The van der Waals surface area contributed by atoms with Crippen LogP contribution in [0.2, 0.25) is 0 Å². The van der Waals surface area contributed by atoms with E-state index >= 15 is 0 Å². The number of likely N-dealkylation sites (N-methyl/N-ethyl adjacent to an activating group) is 1. The largest absolute Gasteiger partial charge is 0.439 e. The Labute approximate surface area is 140 Å². The molecule has 3 heterocycles. The van der Waals surface area contributed by atoms with E-state index < -0.39 is 5.60 Å². The van der Waals surface area contributed by atoms with Crippen molar-refractivity contribution in [2.45, 2.75) is 32.3 Å². The molecule has 130 valence electrons. The fourth-order valence-electron chi connectivity index (χ4n) is 3.79. The molecule has 3 rings (SSSR count). The highest BCUT2D eigenvalue weighted by Crippen LogP contribution is 2.32. The fourth-order valence-corrected chi connectivity index (χ4v) is 3.79. The second-order valence-corrected chi connectivity index (χ2v) is 6.79. The number of likely N-dealkylation sites (tertiary alicyclic amines) is 1. The summed E-state index contributed by atoms with van der Waals surface area (Å²) in [4.78, 5) is 40.2. The summed E-state index contributed by atoms with van der Waals surface area (Å²) in [5, 5.41) is 0. The molecule has 0 aromatic carbocycles. The molecule has 1 atom stereocenters. The Balaban J connectivity index is 1.87. The van der Waals surface area contributed by atoms with Crippen molar-refractivity contribution < 1.29 is 14.3 Å². The Morgan fingerprint density at radius 1 is 1.29 bits per heavy atom. The van der Waals surface area contributed by atoms with E-state index in [0.29, 0.717) is 26.1 Å². The van der Waals surface area contributed by atoms with Crippen molar-refractivity contribution in [1.29, 1.82) is 0 Å². The molecule has 2 aliphatic heterocycles. The van der Waals surface area contributed by atoms with Gasteiger partial charge in [0.2, 0.25) is 0 Å². The molecule has 7 heteroatoms. The van der Waals surface area contributed by atoms with Gasteiger partial charge in [-0.05, 0) is 25.0 Å². The highest BCUT2D eigenvalue weighted by atomic mass is 16.6. The van der Waals surface area contributed by atoms with Crippen molar-refractivity contribution in [3.05, 3.63) is 33.2 Å². The predicted molar refractivity (Wildman–Crippen MR) is 88.2 cm³/mol. The van der Waals surface area contributed by atoms with Crippen LogP contribution in [0.15, 0.2) is 10.9 Å². The van der Waals surface area contributed by atoms with Gasteiger partial charge in [0, 0.05) is 32.8 Å². The first-order valence-electron chi connectivity index (χ1n) is 8.21. The number of hydrogen-bond donors (Lipinski definition) is 0. The van der Waals surface area contributed by atoms with Crippen LogP contribution in [0.4, 0.5) is 4.79 Å². The van der Waals surface area contributed by atoms with Crippen LogP contribution in [0, 0.1) is 6.92 Å². The Bertz CT molecular complexity index is 770. The van der Waals surface area contributed by atoms with Crippen LogP contribution >= 0.6 is 0 Å². The quantitative estimate of drug-likeness (QED) is 0.807. The van der Waals surface area contributed by atoms with E-state index in [-0.39, 0.29) is 23.1 Å². The van der Waals surface area contributed by atoms with E-state index in [1.165, 1.54) is 4.90 Å². The van der Waals surface area contributed by atoms with E-state index in [4.69, 9.17) is 4.74 Å². The topological polar surface area (TPSA) is 71.9 Å². The van der Waals surface area contributed by atoms with Crippen molar-refractivity contribution >= 4 is 12.0 Å². The summed E-state index contributed by atoms with van der Waals surface area (Å²) >= 11 is 0. The highest BCUT2D eigenvalue weighted by Gasteiger charge is 2.49. The maximum absolute atomic E-state index is 12.8. The molecule has 0 N–H and O–H groups in total. The second kappa shape index (κ2) is 5.65. The number of carbonyl (C=O) groups is 2. The lowest BCUT2D eigenvalue weighted by molar-refractivity contribution is 0.0552. The van der Waals surface area contributed by atoms with Crippen LogP contribution in [0.3, 0.4) is 0 Å². The van der Waals surface area contributed by atoms with Gasteiger partial charge in [0.15, 0.2) is 5.60 Å².